The number of fused-ring (bicyclic) bond motifs is 1. The maximum absolute atomic E-state index is 12.2. The first-order chi connectivity index (χ1) is 6.07. The van der Waals surface area contributed by atoms with Gasteiger partial charge in [-0.1, -0.05) is 12.1 Å². The van der Waals surface area contributed by atoms with Gasteiger partial charge in [-0.3, -0.25) is 5.32 Å². The van der Waals surface area contributed by atoms with Crippen LogP contribution in [0.1, 0.15) is 5.56 Å². The smallest absolute Gasteiger partial charge is 0.277 e. The fourth-order valence-corrected chi connectivity index (χ4v) is 1.31. The molecule has 1 aliphatic rings. The molecule has 0 atom stereocenters. The van der Waals surface area contributed by atoms with Crippen molar-refractivity contribution < 1.29 is 18.5 Å². The number of hydrogen-bond donors (Lipinski definition) is 1. The van der Waals surface area contributed by atoms with Crippen molar-refractivity contribution in [2.75, 3.05) is 0 Å². The zero-order valence-electron chi connectivity index (χ0n) is 6.60. The zero-order chi connectivity index (χ0) is 9.47. The van der Waals surface area contributed by atoms with Crippen molar-refractivity contribution in [1.29, 1.82) is 0 Å². The molecule has 1 aromatic carbocycles. The monoisotopic (exact) mass is 186 g/mol. The van der Waals surface area contributed by atoms with E-state index < -0.39 is 11.9 Å². The summed E-state index contributed by atoms with van der Waals surface area (Å²) in [5.41, 5.74) is 0.693. The molecule has 0 aliphatic carbocycles. The van der Waals surface area contributed by atoms with Crippen LogP contribution in [0, 0.1) is 0 Å². The molecule has 0 amide bonds. The summed E-state index contributed by atoms with van der Waals surface area (Å²) in [4.78, 5) is 0. The molecule has 0 saturated carbocycles. The van der Waals surface area contributed by atoms with E-state index in [1.54, 1.807) is 24.3 Å². The van der Waals surface area contributed by atoms with Crippen LogP contribution in [0.15, 0.2) is 30.0 Å². The summed E-state index contributed by atoms with van der Waals surface area (Å²) in [7, 11) is 0. The van der Waals surface area contributed by atoms with Crippen LogP contribution in [-0.4, -0.2) is 6.18 Å². The molecule has 1 heterocycles. The van der Waals surface area contributed by atoms with E-state index in [0.717, 1.165) is 11.4 Å². The van der Waals surface area contributed by atoms with Crippen molar-refractivity contribution in [2.24, 2.45) is 0 Å². The van der Waals surface area contributed by atoms with E-state index >= 15 is 0 Å². The molecule has 1 aliphatic heterocycles. The number of alkyl halides is 3. The Bertz CT molecular complexity index is 365. The van der Waals surface area contributed by atoms with Gasteiger partial charge in [0.1, 0.15) is 5.69 Å². The van der Waals surface area contributed by atoms with E-state index in [2.05, 4.69) is 0 Å². The number of para-hydroxylation sites is 1. The molecule has 1 aromatic rings. The van der Waals surface area contributed by atoms with Crippen molar-refractivity contribution in [2.45, 2.75) is 6.18 Å². The lowest BCUT2D eigenvalue weighted by Crippen LogP contribution is -2.77. The molecule has 0 bridgehead atoms. The van der Waals surface area contributed by atoms with Gasteiger partial charge in [-0.05, 0) is 6.07 Å². The number of nitrogens with two attached hydrogens (primary N) is 1. The highest BCUT2D eigenvalue weighted by Crippen LogP contribution is 2.28. The average molecular weight is 186 g/mol. The Labute approximate surface area is 72.9 Å². The minimum atomic E-state index is -4.24. The van der Waals surface area contributed by atoms with E-state index in [4.69, 9.17) is 0 Å². The highest BCUT2D eigenvalue weighted by Gasteiger charge is 2.41. The highest BCUT2D eigenvalue weighted by molar-refractivity contribution is 5.65. The number of rotatable bonds is 0. The molecule has 1 nitrogen and oxygen atoms in total. The molecule has 0 radical (unpaired) electrons. The molecule has 0 fully saturated rings. The minimum absolute atomic E-state index is 0.575. The maximum atomic E-state index is 12.2. The minimum Gasteiger partial charge on any atom is -0.277 e. The van der Waals surface area contributed by atoms with Crippen molar-refractivity contribution in [3.8, 4) is 0 Å². The van der Waals surface area contributed by atoms with E-state index in [9.17, 15) is 13.2 Å². The molecule has 0 aromatic heterocycles. The third kappa shape index (κ3) is 1.45. The van der Waals surface area contributed by atoms with Crippen LogP contribution < -0.4 is 5.32 Å². The Morgan fingerprint density at radius 3 is 2.38 bits per heavy atom. The van der Waals surface area contributed by atoms with E-state index in [0.29, 0.717) is 11.3 Å². The standard InChI is InChI=1S/C9H6F3N/c10-9(11,12)8-5-6-3-1-2-4-7(6)13-8/h1-5,13H/p+1. The molecular weight excluding hydrogens is 179 g/mol. The van der Waals surface area contributed by atoms with Crippen molar-refractivity contribution >= 4 is 11.8 Å². The summed E-state index contributed by atoms with van der Waals surface area (Å²) in [5, 5.41) is 1.16. The van der Waals surface area contributed by atoms with Gasteiger partial charge in [-0.15, -0.1) is 0 Å². The lowest BCUT2D eigenvalue weighted by molar-refractivity contribution is -0.538. The van der Waals surface area contributed by atoms with Crippen LogP contribution >= 0.6 is 0 Å². The fraction of sp³-hybridized carbons (Fsp3) is 0.111. The molecule has 0 spiro atoms. The Kier molecular flexibility index (Phi) is 1.66. The summed E-state index contributed by atoms with van der Waals surface area (Å²) >= 11 is 0. The summed E-state index contributed by atoms with van der Waals surface area (Å²) < 4.78 is 36.7. The lowest BCUT2D eigenvalue weighted by Gasteiger charge is -2.02. The quantitative estimate of drug-likeness (QED) is 0.595. The first-order valence-electron chi connectivity index (χ1n) is 3.80. The number of halogens is 3. The van der Waals surface area contributed by atoms with Gasteiger partial charge in [-0.2, -0.15) is 13.2 Å². The van der Waals surface area contributed by atoms with Crippen molar-refractivity contribution in [3.63, 3.8) is 0 Å². The second-order valence-corrected chi connectivity index (χ2v) is 2.87. The zero-order valence-corrected chi connectivity index (χ0v) is 6.60. The largest absolute Gasteiger partial charge is 0.467 e. The summed E-state index contributed by atoms with van der Waals surface area (Å²) in [6, 6.07) is 6.79. The second-order valence-electron chi connectivity index (χ2n) is 2.87. The number of allylic oxidation sites excluding steroid dienone is 1. The Morgan fingerprint density at radius 2 is 1.77 bits per heavy atom. The van der Waals surface area contributed by atoms with Gasteiger partial charge < -0.3 is 0 Å². The Balaban J connectivity index is 2.37. The highest BCUT2D eigenvalue weighted by atomic mass is 19.4. The molecule has 4 heteroatoms. The van der Waals surface area contributed by atoms with Crippen molar-refractivity contribution in [3.05, 3.63) is 35.5 Å². The molecule has 68 valence electrons. The summed E-state index contributed by atoms with van der Waals surface area (Å²) in [6.07, 6.45) is -3.08. The number of quaternary nitrogens is 1. The van der Waals surface area contributed by atoms with Crippen LogP contribution in [0.25, 0.3) is 6.08 Å². The van der Waals surface area contributed by atoms with Gasteiger partial charge in [-0.25, -0.2) is 0 Å². The summed E-state index contributed by atoms with van der Waals surface area (Å²) in [5.74, 6) is 0. The van der Waals surface area contributed by atoms with Gasteiger partial charge >= 0.3 is 6.18 Å². The van der Waals surface area contributed by atoms with Gasteiger partial charge in [0.25, 0.3) is 0 Å². The van der Waals surface area contributed by atoms with E-state index in [1.165, 1.54) is 0 Å². The fourth-order valence-electron chi connectivity index (χ4n) is 1.31. The van der Waals surface area contributed by atoms with Crippen LogP contribution in [0.3, 0.4) is 0 Å². The molecule has 2 rings (SSSR count). The van der Waals surface area contributed by atoms with Crippen LogP contribution in [0.2, 0.25) is 0 Å². The predicted octanol–water partition coefficient (Wildman–Crippen LogP) is 1.80. The first kappa shape index (κ1) is 8.31. The van der Waals surface area contributed by atoms with Crippen LogP contribution in [0.5, 0.6) is 0 Å². The summed E-state index contributed by atoms with van der Waals surface area (Å²) in [6.45, 7) is 0. The Hall–Kier alpha value is -1.29. The van der Waals surface area contributed by atoms with Gasteiger partial charge in [0.15, 0.2) is 0 Å². The third-order valence-corrected chi connectivity index (χ3v) is 1.95. The second kappa shape index (κ2) is 2.60. The average Bonchev–Trinajstić information content (AvgIpc) is 2.45. The van der Waals surface area contributed by atoms with Gasteiger partial charge in [0, 0.05) is 17.7 Å². The molecule has 2 N–H and O–H groups in total. The number of benzene rings is 1. The number of hydrogen-bond acceptors (Lipinski definition) is 0. The predicted molar refractivity (Wildman–Crippen MR) is 42.1 cm³/mol. The molecule has 0 saturated heterocycles. The van der Waals surface area contributed by atoms with Crippen molar-refractivity contribution in [1.82, 2.24) is 0 Å². The molecular formula is C9H7F3N+. The molecule has 0 unspecified atom stereocenters. The van der Waals surface area contributed by atoms with Crippen LogP contribution in [-0.2, 0) is 0 Å². The van der Waals surface area contributed by atoms with E-state index in [-0.39, 0.29) is 0 Å². The van der Waals surface area contributed by atoms with Crippen LogP contribution in [0.4, 0.5) is 18.9 Å². The SMILES string of the molecule is FC(F)(F)C1=Cc2ccccc2[NH2+]1. The molecule has 13 heavy (non-hydrogen) atoms. The van der Waals surface area contributed by atoms with Gasteiger partial charge in [0.2, 0.25) is 5.70 Å². The first-order valence-corrected chi connectivity index (χ1v) is 3.80. The topological polar surface area (TPSA) is 16.6 Å². The third-order valence-electron chi connectivity index (χ3n) is 1.95. The van der Waals surface area contributed by atoms with E-state index in [1.807, 2.05) is 0 Å². The van der Waals surface area contributed by atoms with Gasteiger partial charge in [0.05, 0.1) is 0 Å². The lowest BCUT2D eigenvalue weighted by atomic mass is 10.2. The normalized spacial score (nSPS) is 15.5. The maximum Gasteiger partial charge on any atom is 0.467 e. The Morgan fingerprint density at radius 1 is 1.08 bits per heavy atom.